The third-order valence-electron chi connectivity index (χ3n) is 3.42. The van der Waals surface area contributed by atoms with E-state index in [2.05, 4.69) is 33.8 Å². The first-order chi connectivity index (χ1) is 10.9. The molecule has 2 aromatic carbocycles. The van der Waals surface area contributed by atoms with Crippen LogP contribution in [0.5, 0.6) is 0 Å². The van der Waals surface area contributed by atoms with Crippen LogP contribution in [0.4, 0.5) is 0 Å². The highest BCUT2D eigenvalue weighted by Crippen LogP contribution is 2.33. The summed E-state index contributed by atoms with van der Waals surface area (Å²) in [6, 6.07) is 20.3. The zero-order chi connectivity index (χ0) is 14.8. The van der Waals surface area contributed by atoms with Crippen molar-refractivity contribution in [2.45, 2.75) is 0 Å². The number of rotatable bonds is 3. The molecule has 0 aliphatic heterocycles. The molecule has 0 spiro atoms. The van der Waals surface area contributed by atoms with Crippen molar-refractivity contribution in [3.63, 3.8) is 0 Å². The summed E-state index contributed by atoms with van der Waals surface area (Å²) in [5.41, 5.74) is 4.96. The van der Waals surface area contributed by atoms with Crippen LogP contribution in [-0.4, -0.2) is 15.0 Å². The Morgan fingerprint density at radius 2 is 1.55 bits per heavy atom. The minimum Gasteiger partial charge on any atom is -0.333 e. The fourth-order valence-corrected chi connectivity index (χ4v) is 3.17. The number of nitrogens with one attached hydrogen (secondary N) is 1. The van der Waals surface area contributed by atoms with E-state index < -0.39 is 0 Å². The van der Waals surface area contributed by atoms with Crippen LogP contribution in [0.15, 0.2) is 66.0 Å². The summed E-state index contributed by atoms with van der Waals surface area (Å²) in [7, 11) is 0. The van der Waals surface area contributed by atoms with Crippen LogP contribution in [0.2, 0.25) is 0 Å². The van der Waals surface area contributed by atoms with E-state index in [4.69, 9.17) is 4.98 Å². The van der Waals surface area contributed by atoms with Gasteiger partial charge in [-0.1, -0.05) is 60.7 Å². The molecule has 0 bridgehead atoms. The second-order valence-corrected chi connectivity index (χ2v) is 5.70. The molecule has 1 N–H and O–H groups in total. The molecule has 4 rings (SSSR count). The quantitative estimate of drug-likeness (QED) is 0.597. The summed E-state index contributed by atoms with van der Waals surface area (Å²) in [6.45, 7) is 0. The number of imidazole rings is 1. The number of hydrogen-bond donors (Lipinski definition) is 1. The molecule has 0 atom stereocenters. The van der Waals surface area contributed by atoms with Gasteiger partial charge in [0.1, 0.15) is 10.7 Å². The first kappa shape index (κ1) is 13.0. The van der Waals surface area contributed by atoms with Crippen LogP contribution in [0, 0.1) is 6.33 Å². The van der Waals surface area contributed by atoms with E-state index >= 15 is 0 Å². The summed E-state index contributed by atoms with van der Waals surface area (Å²) < 4.78 is 0. The fourth-order valence-electron chi connectivity index (χ4n) is 2.34. The summed E-state index contributed by atoms with van der Waals surface area (Å²) in [6.07, 6.45) is 2.84. The van der Waals surface area contributed by atoms with Crippen molar-refractivity contribution in [2.75, 3.05) is 0 Å². The van der Waals surface area contributed by atoms with Crippen LogP contribution >= 0.6 is 11.3 Å². The van der Waals surface area contributed by atoms with Gasteiger partial charge in [-0.15, -0.1) is 11.3 Å². The Labute approximate surface area is 132 Å². The van der Waals surface area contributed by atoms with Gasteiger partial charge in [0, 0.05) is 16.5 Å². The lowest BCUT2D eigenvalue weighted by Gasteiger charge is -1.99. The Balaban J connectivity index is 1.76. The number of H-pyrrole nitrogens is 1. The predicted octanol–water partition coefficient (Wildman–Crippen LogP) is 4.67. The topological polar surface area (TPSA) is 41.6 Å². The van der Waals surface area contributed by atoms with Gasteiger partial charge in [0.05, 0.1) is 11.4 Å². The van der Waals surface area contributed by atoms with Crippen molar-refractivity contribution in [1.82, 2.24) is 15.0 Å². The van der Waals surface area contributed by atoms with Crippen LogP contribution in [-0.2, 0) is 0 Å². The molecule has 4 aromatic rings. The van der Waals surface area contributed by atoms with E-state index in [1.54, 1.807) is 11.3 Å². The highest BCUT2D eigenvalue weighted by atomic mass is 32.1. The molecule has 105 valence electrons. The number of aromatic nitrogens is 3. The third-order valence-corrected chi connectivity index (χ3v) is 4.28. The van der Waals surface area contributed by atoms with Crippen LogP contribution in [0.3, 0.4) is 0 Å². The summed E-state index contributed by atoms with van der Waals surface area (Å²) >= 11 is 1.61. The van der Waals surface area contributed by atoms with Gasteiger partial charge in [0.15, 0.2) is 6.33 Å². The number of thiazole rings is 1. The molecular weight excluding hydrogens is 290 g/mol. The zero-order valence-corrected chi connectivity index (χ0v) is 12.5. The van der Waals surface area contributed by atoms with Crippen molar-refractivity contribution < 1.29 is 0 Å². The molecule has 1 radical (unpaired) electrons. The molecule has 2 heterocycles. The maximum atomic E-state index is 4.74. The van der Waals surface area contributed by atoms with Gasteiger partial charge >= 0.3 is 0 Å². The molecule has 0 saturated carbocycles. The number of benzene rings is 2. The van der Waals surface area contributed by atoms with Crippen molar-refractivity contribution in [2.24, 2.45) is 0 Å². The molecule has 0 fully saturated rings. The second kappa shape index (κ2) is 5.58. The summed E-state index contributed by atoms with van der Waals surface area (Å²) in [5.74, 6) is 0. The standard InChI is InChI=1S/C18H12N3S/c1-3-7-13(8-4-1)15-11-22-18(21-15)17-16(19-12-20-17)14-9-5-2-6-10-14/h1-11H,(H,19,20). The third kappa shape index (κ3) is 2.34. The van der Waals surface area contributed by atoms with E-state index in [9.17, 15) is 0 Å². The number of aromatic amines is 1. The van der Waals surface area contributed by atoms with Crippen molar-refractivity contribution in [1.29, 1.82) is 0 Å². The van der Waals surface area contributed by atoms with E-state index in [1.165, 1.54) is 0 Å². The Bertz CT molecular complexity index is 879. The van der Waals surface area contributed by atoms with Gasteiger partial charge in [-0.3, -0.25) is 0 Å². The SMILES string of the molecule is [c]1nc(-c2ccccc2)c(-c2nc(-c3ccccc3)cs2)[nH]1. The zero-order valence-electron chi connectivity index (χ0n) is 11.7. The van der Waals surface area contributed by atoms with Gasteiger partial charge in [0.25, 0.3) is 0 Å². The average molecular weight is 302 g/mol. The Hall–Kier alpha value is -2.72. The molecule has 0 amide bonds. The van der Waals surface area contributed by atoms with Crippen molar-refractivity contribution in [3.8, 4) is 33.2 Å². The van der Waals surface area contributed by atoms with Gasteiger partial charge in [0.2, 0.25) is 0 Å². The molecular formula is C18H12N3S. The highest BCUT2D eigenvalue weighted by molar-refractivity contribution is 7.13. The van der Waals surface area contributed by atoms with Crippen LogP contribution < -0.4 is 0 Å². The minimum atomic E-state index is 0.884. The lowest BCUT2D eigenvalue weighted by molar-refractivity contribution is 1.28. The maximum absolute atomic E-state index is 4.74. The molecule has 0 aliphatic rings. The predicted molar refractivity (Wildman–Crippen MR) is 89.4 cm³/mol. The molecule has 4 heteroatoms. The molecule has 0 unspecified atom stereocenters. The lowest BCUT2D eigenvalue weighted by atomic mass is 10.1. The molecule has 0 saturated heterocycles. The normalized spacial score (nSPS) is 10.7. The molecule has 2 aromatic heterocycles. The largest absolute Gasteiger partial charge is 0.333 e. The van der Waals surface area contributed by atoms with Gasteiger partial charge in [-0.05, 0) is 0 Å². The first-order valence-electron chi connectivity index (χ1n) is 6.94. The summed E-state index contributed by atoms with van der Waals surface area (Å²) in [5, 5.41) is 2.99. The number of nitrogens with zero attached hydrogens (tertiary/aromatic N) is 2. The van der Waals surface area contributed by atoms with E-state index in [-0.39, 0.29) is 0 Å². The molecule has 22 heavy (non-hydrogen) atoms. The van der Waals surface area contributed by atoms with E-state index in [1.807, 2.05) is 48.5 Å². The Morgan fingerprint density at radius 3 is 2.27 bits per heavy atom. The molecule has 0 aliphatic carbocycles. The smallest absolute Gasteiger partial charge is 0.174 e. The highest BCUT2D eigenvalue weighted by Gasteiger charge is 2.14. The maximum Gasteiger partial charge on any atom is 0.174 e. The molecule has 3 nitrogen and oxygen atoms in total. The number of hydrogen-bond acceptors (Lipinski definition) is 3. The van der Waals surface area contributed by atoms with Crippen LogP contribution in [0.25, 0.3) is 33.2 Å². The first-order valence-corrected chi connectivity index (χ1v) is 7.82. The van der Waals surface area contributed by atoms with E-state index in [0.717, 1.165) is 33.2 Å². The average Bonchev–Trinajstić information content (AvgIpc) is 3.25. The Morgan fingerprint density at radius 1 is 0.864 bits per heavy atom. The van der Waals surface area contributed by atoms with Gasteiger partial charge < -0.3 is 4.98 Å². The monoisotopic (exact) mass is 302 g/mol. The lowest BCUT2D eigenvalue weighted by Crippen LogP contribution is -1.84. The van der Waals surface area contributed by atoms with Crippen LogP contribution in [0.1, 0.15) is 0 Å². The van der Waals surface area contributed by atoms with Gasteiger partial charge in [-0.2, -0.15) is 0 Å². The van der Waals surface area contributed by atoms with Gasteiger partial charge in [-0.25, -0.2) is 9.97 Å². The van der Waals surface area contributed by atoms with Crippen molar-refractivity contribution in [3.05, 3.63) is 72.4 Å². The second-order valence-electron chi connectivity index (χ2n) is 4.84. The summed E-state index contributed by atoms with van der Waals surface area (Å²) in [4.78, 5) is 12.2. The Kier molecular flexibility index (Phi) is 3.29. The minimum absolute atomic E-state index is 0.884. The van der Waals surface area contributed by atoms with E-state index in [0.29, 0.717) is 0 Å². The van der Waals surface area contributed by atoms with Crippen molar-refractivity contribution >= 4 is 11.3 Å². The fraction of sp³-hybridized carbons (Fsp3) is 0.